The van der Waals surface area contributed by atoms with E-state index in [1.807, 2.05) is 18.9 Å². The molecule has 1 N–H and O–H groups in total. The fourth-order valence-corrected chi connectivity index (χ4v) is 1.91. The normalized spacial score (nSPS) is 15.0. The van der Waals surface area contributed by atoms with Crippen molar-refractivity contribution in [3.8, 4) is 0 Å². The maximum Gasteiger partial charge on any atom is 0.170 e. The summed E-state index contributed by atoms with van der Waals surface area (Å²) in [6.07, 6.45) is 4.22. The van der Waals surface area contributed by atoms with Gasteiger partial charge >= 0.3 is 0 Å². The topological polar surface area (TPSA) is 28.2 Å². The summed E-state index contributed by atoms with van der Waals surface area (Å²) in [6, 6.07) is 1.74. The van der Waals surface area contributed by atoms with E-state index in [4.69, 9.17) is 0 Å². The molecule has 0 radical (unpaired) electrons. The van der Waals surface area contributed by atoms with Crippen LogP contribution < -0.4 is 10.2 Å². The van der Waals surface area contributed by atoms with E-state index in [2.05, 4.69) is 10.3 Å². The van der Waals surface area contributed by atoms with E-state index < -0.39 is 0 Å². The van der Waals surface area contributed by atoms with E-state index in [1.165, 1.54) is 12.8 Å². The molecule has 1 aromatic rings. The van der Waals surface area contributed by atoms with Crippen LogP contribution in [-0.2, 0) is 6.54 Å². The molecular formula is C13H20FN3. The lowest BCUT2D eigenvalue weighted by molar-refractivity contribution is 0.581. The second-order valence-corrected chi connectivity index (χ2v) is 4.71. The second kappa shape index (κ2) is 5.45. The molecule has 0 unspecified atom stereocenters. The van der Waals surface area contributed by atoms with Crippen LogP contribution in [0.4, 0.5) is 10.2 Å². The van der Waals surface area contributed by atoms with Crippen LogP contribution in [0.5, 0.6) is 0 Å². The summed E-state index contributed by atoms with van der Waals surface area (Å²) in [7, 11) is 1.92. The third kappa shape index (κ3) is 3.16. The molecule has 0 amide bonds. The van der Waals surface area contributed by atoms with Gasteiger partial charge in [-0.25, -0.2) is 9.37 Å². The Bertz CT molecular complexity index is 377. The predicted octanol–water partition coefficient (Wildman–Crippen LogP) is 2.18. The summed E-state index contributed by atoms with van der Waals surface area (Å²) in [5.41, 5.74) is 0.694. The van der Waals surface area contributed by atoms with Crippen molar-refractivity contribution in [2.24, 2.45) is 5.92 Å². The van der Waals surface area contributed by atoms with Gasteiger partial charge in [-0.3, -0.25) is 0 Å². The number of nitrogens with zero attached hydrogens (tertiary/aromatic N) is 2. The highest BCUT2D eigenvalue weighted by Crippen LogP contribution is 2.31. The maximum absolute atomic E-state index is 14.2. The van der Waals surface area contributed by atoms with Crippen molar-refractivity contribution in [2.45, 2.75) is 26.3 Å². The standard InChI is InChI=1S/C13H20FN3/c1-3-15-8-11-6-7-16-13(12(11)14)17(2)9-10-4-5-10/h6-7,10,15H,3-5,8-9H2,1-2H3. The van der Waals surface area contributed by atoms with E-state index in [0.29, 0.717) is 17.9 Å². The highest BCUT2D eigenvalue weighted by molar-refractivity contribution is 5.42. The van der Waals surface area contributed by atoms with Gasteiger partial charge in [-0.15, -0.1) is 0 Å². The minimum atomic E-state index is -0.184. The quantitative estimate of drug-likeness (QED) is 0.822. The molecule has 0 atom stereocenters. The van der Waals surface area contributed by atoms with Crippen molar-refractivity contribution in [2.75, 3.05) is 25.0 Å². The zero-order chi connectivity index (χ0) is 12.3. The molecule has 1 heterocycles. The molecule has 0 saturated heterocycles. The number of aromatic nitrogens is 1. The number of hydrogen-bond acceptors (Lipinski definition) is 3. The SMILES string of the molecule is CCNCc1ccnc(N(C)CC2CC2)c1F. The molecule has 3 nitrogen and oxygen atoms in total. The molecule has 4 heteroatoms. The summed E-state index contributed by atoms with van der Waals surface area (Å²) >= 11 is 0. The van der Waals surface area contributed by atoms with Gasteiger partial charge in [0.25, 0.3) is 0 Å². The second-order valence-electron chi connectivity index (χ2n) is 4.71. The first-order valence-electron chi connectivity index (χ1n) is 6.27. The number of rotatable bonds is 6. The molecule has 17 heavy (non-hydrogen) atoms. The Morgan fingerprint density at radius 1 is 1.53 bits per heavy atom. The van der Waals surface area contributed by atoms with Gasteiger partial charge < -0.3 is 10.2 Å². The van der Waals surface area contributed by atoms with Crippen molar-refractivity contribution < 1.29 is 4.39 Å². The summed E-state index contributed by atoms with van der Waals surface area (Å²) in [5.74, 6) is 1.03. The Balaban J connectivity index is 2.09. The molecule has 0 aliphatic heterocycles. The van der Waals surface area contributed by atoms with Gasteiger partial charge in [0.15, 0.2) is 11.6 Å². The van der Waals surface area contributed by atoms with Gasteiger partial charge in [-0.05, 0) is 31.4 Å². The van der Waals surface area contributed by atoms with E-state index in [0.717, 1.165) is 19.0 Å². The van der Waals surface area contributed by atoms with Crippen LogP contribution >= 0.6 is 0 Å². The zero-order valence-electron chi connectivity index (χ0n) is 10.5. The lowest BCUT2D eigenvalue weighted by Gasteiger charge is -2.19. The van der Waals surface area contributed by atoms with Crippen molar-refractivity contribution in [3.63, 3.8) is 0 Å². The summed E-state index contributed by atoms with van der Waals surface area (Å²) in [4.78, 5) is 6.08. The fourth-order valence-electron chi connectivity index (χ4n) is 1.91. The van der Waals surface area contributed by atoms with Crippen molar-refractivity contribution >= 4 is 5.82 Å². The predicted molar refractivity (Wildman–Crippen MR) is 67.6 cm³/mol. The van der Waals surface area contributed by atoms with E-state index in [9.17, 15) is 4.39 Å². The minimum Gasteiger partial charge on any atom is -0.357 e. The van der Waals surface area contributed by atoms with Gasteiger partial charge in [0.1, 0.15) is 0 Å². The van der Waals surface area contributed by atoms with E-state index >= 15 is 0 Å². The van der Waals surface area contributed by atoms with Crippen LogP contribution in [-0.4, -0.2) is 25.1 Å². The average Bonchev–Trinajstić information content (AvgIpc) is 3.11. The monoisotopic (exact) mass is 237 g/mol. The Labute approximate surface area is 102 Å². The smallest absolute Gasteiger partial charge is 0.170 e. The van der Waals surface area contributed by atoms with Crippen LogP contribution in [0.1, 0.15) is 25.3 Å². The Morgan fingerprint density at radius 3 is 2.94 bits per heavy atom. The highest BCUT2D eigenvalue weighted by atomic mass is 19.1. The Morgan fingerprint density at radius 2 is 2.29 bits per heavy atom. The Hall–Kier alpha value is -1.16. The number of nitrogens with one attached hydrogen (secondary N) is 1. The maximum atomic E-state index is 14.2. The van der Waals surface area contributed by atoms with Crippen LogP contribution in [0.2, 0.25) is 0 Å². The lowest BCUT2D eigenvalue weighted by atomic mass is 10.2. The van der Waals surface area contributed by atoms with E-state index in [1.54, 1.807) is 12.3 Å². The molecule has 1 saturated carbocycles. The van der Waals surface area contributed by atoms with E-state index in [-0.39, 0.29) is 5.82 Å². The molecule has 2 rings (SSSR count). The third-order valence-corrected chi connectivity index (χ3v) is 3.11. The highest BCUT2D eigenvalue weighted by Gasteiger charge is 2.24. The molecule has 1 aromatic heterocycles. The van der Waals surface area contributed by atoms with Gasteiger partial charge in [-0.2, -0.15) is 0 Å². The molecule has 1 fully saturated rings. The first-order valence-corrected chi connectivity index (χ1v) is 6.27. The molecule has 0 bridgehead atoms. The van der Waals surface area contributed by atoms with Crippen molar-refractivity contribution in [1.29, 1.82) is 0 Å². The zero-order valence-corrected chi connectivity index (χ0v) is 10.5. The van der Waals surface area contributed by atoms with Crippen LogP contribution in [0.3, 0.4) is 0 Å². The first kappa shape index (κ1) is 12.3. The molecule has 94 valence electrons. The summed E-state index contributed by atoms with van der Waals surface area (Å²) in [6.45, 7) is 4.33. The molecule has 1 aliphatic rings. The summed E-state index contributed by atoms with van der Waals surface area (Å²) < 4.78 is 14.2. The average molecular weight is 237 g/mol. The summed E-state index contributed by atoms with van der Waals surface area (Å²) in [5, 5.41) is 3.14. The molecule has 1 aliphatic carbocycles. The van der Waals surface area contributed by atoms with Crippen LogP contribution in [0.25, 0.3) is 0 Å². The Kier molecular flexibility index (Phi) is 3.94. The van der Waals surface area contributed by atoms with Crippen molar-refractivity contribution in [3.05, 3.63) is 23.6 Å². The molecular weight excluding hydrogens is 217 g/mol. The van der Waals surface area contributed by atoms with Gasteiger partial charge in [0.05, 0.1) is 0 Å². The number of anilines is 1. The molecule has 0 spiro atoms. The first-order chi connectivity index (χ1) is 8.22. The van der Waals surface area contributed by atoms with Crippen LogP contribution in [0.15, 0.2) is 12.3 Å². The number of halogens is 1. The molecule has 0 aromatic carbocycles. The largest absolute Gasteiger partial charge is 0.357 e. The minimum absolute atomic E-state index is 0.184. The van der Waals surface area contributed by atoms with Crippen molar-refractivity contribution in [1.82, 2.24) is 10.3 Å². The fraction of sp³-hybridized carbons (Fsp3) is 0.615. The lowest BCUT2D eigenvalue weighted by Crippen LogP contribution is -2.23. The third-order valence-electron chi connectivity index (χ3n) is 3.11. The van der Waals surface area contributed by atoms with Gasteiger partial charge in [0.2, 0.25) is 0 Å². The number of pyridine rings is 1. The van der Waals surface area contributed by atoms with Crippen LogP contribution in [0, 0.1) is 11.7 Å². The van der Waals surface area contributed by atoms with Gasteiger partial charge in [-0.1, -0.05) is 6.92 Å². The number of hydrogen-bond donors (Lipinski definition) is 1. The van der Waals surface area contributed by atoms with Gasteiger partial charge in [0, 0.05) is 31.9 Å².